The lowest BCUT2D eigenvalue weighted by molar-refractivity contribution is 0.457. The Hall–Kier alpha value is -2.12. The molecule has 1 aromatic carbocycles. The molecule has 7 heteroatoms. The van der Waals surface area contributed by atoms with Crippen LogP contribution in [0.15, 0.2) is 51.5 Å². The number of nitrogens with one attached hydrogen (secondary N) is 1. The largest absolute Gasteiger partial charge is 0.328 e. The molecule has 0 saturated carbocycles. The average Bonchev–Trinajstić information content (AvgIpc) is 3.21. The summed E-state index contributed by atoms with van der Waals surface area (Å²) in [6.07, 6.45) is 4.15. The molecule has 1 unspecified atom stereocenters. The van der Waals surface area contributed by atoms with E-state index in [9.17, 15) is 0 Å². The molecule has 0 fully saturated rings. The van der Waals surface area contributed by atoms with Crippen LogP contribution in [0.5, 0.6) is 0 Å². The SMILES string of the molecule is CSC1=CN2C(=NCC2c2cccc(C)c2)C(Nc2cc(C)ns2)=N1. The van der Waals surface area contributed by atoms with E-state index in [0.717, 1.165) is 33.9 Å². The number of fused-ring (bicyclic) bond motifs is 1. The molecular weight excluding hydrogens is 350 g/mol. The zero-order chi connectivity index (χ0) is 17.4. The van der Waals surface area contributed by atoms with Crippen LogP contribution in [0, 0.1) is 13.8 Å². The summed E-state index contributed by atoms with van der Waals surface area (Å²) in [5.74, 6) is 1.70. The van der Waals surface area contributed by atoms with E-state index < -0.39 is 0 Å². The van der Waals surface area contributed by atoms with E-state index >= 15 is 0 Å². The highest BCUT2D eigenvalue weighted by atomic mass is 32.2. The van der Waals surface area contributed by atoms with Crippen molar-refractivity contribution in [1.29, 1.82) is 0 Å². The predicted molar refractivity (Wildman–Crippen MR) is 108 cm³/mol. The number of aromatic nitrogens is 1. The number of hydrogen-bond donors (Lipinski definition) is 1. The average molecular weight is 370 g/mol. The smallest absolute Gasteiger partial charge is 0.175 e. The number of aryl methyl sites for hydroxylation is 2. The van der Waals surface area contributed by atoms with Gasteiger partial charge < -0.3 is 10.2 Å². The third kappa shape index (κ3) is 3.21. The van der Waals surface area contributed by atoms with Gasteiger partial charge in [0.2, 0.25) is 0 Å². The van der Waals surface area contributed by atoms with Crippen molar-refractivity contribution >= 4 is 40.0 Å². The molecule has 0 aliphatic carbocycles. The molecule has 25 heavy (non-hydrogen) atoms. The van der Waals surface area contributed by atoms with Gasteiger partial charge in [0.15, 0.2) is 11.7 Å². The topological polar surface area (TPSA) is 52.9 Å². The van der Waals surface area contributed by atoms with Gasteiger partial charge in [0.1, 0.15) is 10.0 Å². The van der Waals surface area contributed by atoms with Crippen LogP contribution >= 0.6 is 23.3 Å². The van der Waals surface area contributed by atoms with Gasteiger partial charge in [0.05, 0.1) is 18.3 Å². The maximum Gasteiger partial charge on any atom is 0.175 e. The van der Waals surface area contributed by atoms with Gasteiger partial charge in [0.25, 0.3) is 0 Å². The van der Waals surface area contributed by atoms with Crippen molar-refractivity contribution in [3.05, 3.63) is 58.4 Å². The second-order valence-electron chi connectivity index (χ2n) is 6.09. The highest BCUT2D eigenvalue weighted by molar-refractivity contribution is 8.02. The van der Waals surface area contributed by atoms with Gasteiger partial charge in [-0.25, -0.2) is 4.99 Å². The summed E-state index contributed by atoms with van der Waals surface area (Å²) in [5, 5.41) is 5.36. The Morgan fingerprint density at radius 1 is 1.28 bits per heavy atom. The van der Waals surface area contributed by atoms with Crippen molar-refractivity contribution in [2.75, 3.05) is 18.1 Å². The molecule has 2 aliphatic heterocycles. The van der Waals surface area contributed by atoms with Crippen LogP contribution < -0.4 is 5.32 Å². The molecule has 0 spiro atoms. The summed E-state index contributed by atoms with van der Waals surface area (Å²) >= 11 is 3.08. The molecule has 0 bridgehead atoms. The Balaban J connectivity index is 1.65. The van der Waals surface area contributed by atoms with Crippen LogP contribution in [0.1, 0.15) is 22.9 Å². The Morgan fingerprint density at radius 2 is 2.16 bits per heavy atom. The van der Waals surface area contributed by atoms with Gasteiger partial charge in [-0.2, -0.15) is 4.37 Å². The molecule has 0 amide bonds. The third-order valence-corrected chi connectivity index (χ3v) is 5.59. The number of aliphatic imine (C=N–C) groups is 2. The van der Waals surface area contributed by atoms with Crippen molar-refractivity contribution in [1.82, 2.24) is 9.27 Å². The summed E-state index contributed by atoms with van der Waals surface area (Å²) in [4.78, 5) is 11.7. The molecule has 128 valence electrons. The maximum absolute atomic E-state index is 4.78. The fourth-order valence-electron chi connectivity index (χ4n) is 3.01. The van der Waals surface area contributed by atoms with Crippen molar-refractivity contribution in [3.63, 3.8) is 0 Å². The Morgan fingerprint density at radius 3 is 2.88 bits per heavy atom. The van der Waals surface area contributed by atoms with Crippen LogP contribution in [-0.2, 0) is 0 Å². The Labute approximate surface area is 155 Å². The quantitative estimate of drug-likeness (QED) is 0.881. The minimum Gasteiger partial charge on any atom is -0.328 e. The van der Waals surface area contributed by atoms with Gasteiger partial charge in [-0.05, 0) is 43.3 Å². The van der Waals surface area contributed by atoms with Gasteiger partial charge in [-0.3, -0.25) is 4.99 Å². The number of rotatable bonds is 3. The monoisotopic (exact) mass is 369 g/mol. The van der Waals surface area contributed by atoms with Crippen molar-refractivity contribution < 1.29 is 0 Å². The van der Waals surface area contributed by atoms with Crippen LogP contribution in [0.2, 0.25) is 0 Å². The van der Waals surface area contributed by atoms with Crippen molar-refractivity contribution in [2.24, 2.45) is 9.98 Å². The molecule has 2 aliphatic rings. The van der Waals surface area contributed by atoms with E-state index in [4.69, 9.17) is 9.98 Å². The molecule has 1 N–H and O–H groups in total. The molecule has 4 rings (SSSR count). The van der Waals surface area contributed by atoms with Crippen molar-refractivity contribution in [3.8, 4) is 0 Å². The summed E-state index contributed by atoms with van der Waals surface area (Å²) in [7, 11) is 0. The Kier molecular flexibility index (Phi) is 4.35. The molecule has 1 atom stereocenters. The van der Waals surface area contributed by atoms with Crippen LogP contribution in [-0.4, -0.2) is 33.7 Å². The molecule has 3 heterocycles. The van der Waals surface area contributed by atoms with Crippen LogP contribution in [0.25, 0.3) is 0 Å². The molecule has 1 aromatic heterocycles. The number of anilines is 1. The lowest BCUT2D eigenvalue weighted by atomic mass is 10.0. The molecule has 0 radical (unpaired) electrons. The first-order valence-corrected chi connectivity index (χ1v) is 10.1. The van der Waals surface area contributed by atoms with Gasteiger partial charge >= 0.3 is 0 Å². The van der Waals surface area contributed by atoms with E-state index in [1.165, 1.54) is 22.7 Å². The van der Waals surface area contributed by atoms with Crippen molar-refractivity contribution in [2.45, 2.75) is 19.9 Å². The Bertz CT molecular complexity index is 896. The predicted octanol–water partition coefficient (Wildman–Crippen LogP) is 4.20. The van der Waals surface area contributed by atoms with Crippen LogP contribution in [0.4, 0.5) is 5.00 Å². The molecule has 0 saturated heterocycles. The first kappa shape index (κ1) is 16.4. The number of benzene rings is 1. The molecule has 5 nitrogen and oxygen atoms in total. The lowest BCUT2D eigenvalue weighted by Crippen LogP contribution is -2.37. The zero-order valence-electron chi connectivity index (χ0n) is 14.4. The fraction of sp³-hybridized carbons (Fsp3) is 0.278. The number of amidine groups is 2. The zero-order valence-corrected chi connectivity index (χ0v) is 16.0. The standard InChI is InChI=1S/C18H19N5S2/c1-11-5-4-6-13(7-11)14-9-19-18-17(20-15-8-12(2)22-25-15)21-16(24-3)10-23(14)18/h4-8,10,14H,9H2,1-3H3,(H,20,21). The lowest BCUT2D eigenvalue weighted by Gasteiger charge is -2.28. The van der Waals surface area contributed by atoms with E-state index in [2.05, 4.69) is 52.0 Å². The summed E-state index contributed by atoms with van der Waals surface area (Å²) in [6, 6.07) is 10.9. The number of nitrogens with zero attached hydrogens (tertiary/aromatic N) is 4. The fourth-order valence-corrected chi connectivity index (χ4v) is 4.07. The van der Waals surface area contributed by atoms with Gasteiger partial charge in [0, 0.05) is 6.20 Å². The minimum absolute atomic E-state index is 0.215. The van der Waals surface area contributed by atoms with E-state index in [-0.39, 0.29) is 6.04 Å². The number of hydrogen-bond acceptors (Lipinski definition) is 7. The van der Waals surface area contributed by atoms with Gasteiger partial charge in [-0.1, -0.05) is 29.8 Å². The summed E-state index contributed by atoms with van der Waals surface area (Å²) in [6.45, 7) is 4.85. The third-order valence-electron chi connectivity index (χ3n) is 4.18. The second kappa shape index (κ2) is 6.65. The molecule has 2 aromatic rings. The first-order chi connectivity index (χ1) is 12.1. The summed E-state index contributed by atoms with van der Waals surface area (Å²) < 4.78 is 4.33. The normalized spacial score (nSPS) is 19.2. The highest BCUT2D eigenvalue weighted by Gasteiger charge is 2.33. The molecular formula is C18H19N5S2. The van der Waals surface area contributed by atoms with Gasteiger partial charge in [-0.15, -0.1) is 11.8 Å². The maximum atomic E-state index is 4.78. The number of thioether (sulfide) groups is 1. The summed E-state index contributed by atoms with van der Waals surface area (Å²) in [5.41, 5.74) is 3.56. The second-order valence-corrected chi connectivity index (χ2v) is 7.72. The minimum atomic E-state index is 0.215. The highest BCUT2D eigenvalue weighted by Crippen LogP contribution is 2.33. The van der Waals surface area contributed by atoms with E-state index in [1.54, 1.807) is 11.8 Å². The van der Waals surface area contributed by atoms with E-state index in [0.29, 0.717) is 0 Å². The first-order valence-electron chi connectivity index (χ1n) is 8.08. The van der Waals surface area contributed by atoms with Crippen LogP contribution in [0.3, 0.4) is 0 Å². The van der Waals surface area contributed by atoms with E-state index in [1.807, 2.05) is 19.2 Å².